The molecule has 0 radical (unpaired) electrons. The Morgan fingerprint density at radius 1 is 1.63 bits per heavy atom. The standard InChI is InChI=1S/C12H16N4O2S/c1-3-9(11-13-4-5-14-11)15-10(17)6-16-8(2)7-19-12(16)18/h4-5,7,9H,3,6H2,1-2H3,(H,13,14)(H,15,17). The smallest absolute Gasteiger partial charge is 0.307 e. The molecule has 2 N–H and O–H groups in total. The van der Waals surface area contributed by atoms with Crippen LogP contribution in [0, 0.1) is 6.92 Å². The van der Waals surface area contributed by atoms with Gasteiger partial charge >= 0.3 is 4.87 Å². The van der Waals surface area contributed by atoms with E-state index in [2.05, 4.69) is 15.3 Å². The molecule has 19 heavy (non-hydrogen) atoms. The van der Waals surface area contributed by atoms with Crippen LogP contribution in [0.4, 0.5) is 0 Å². The molecule has 1 unspecified atom stereocenters. The van der Waals surface area contributed by atoms with Crippen molar-refractivity contribution < 1.29 is 4.79 Å². The number of aryl methyl sites for hydroxylation is 1. The summed E-state index contributed by atoms with van der Waals surface area (Å²) in [6, 6.07) is -0.155. The summed E-state index contributed by atoms with van der Waals surface area (Å²) in [5.74, 6) is 0.539. The van der Waals surface area contributed by atoms with Crippen LogP contribution in [0.15, 0.2) is 22.6 Å². The normalized spacial score (nSPS) is 12.3. The molecule has 0 spiro atoms. The third-order valence-corrected chi connectivity index (χ3v) is 3.75. The summed E-state index contributed by atoms with van der Waals surface area (Å²) in [6.45, 7) is 3.83. The van der Waals surface area contributed by atoms with Crippen molar-refractivity contribution in [3.8, 4) is 0 Å². The number of imidazole rings is 1. The Labute approximate surface area is 114 Å². The Kier molecular flexibility index (Phi) is 4.16. The van der Waals surface area contributed by atoms with Crippen LogP contribution in [0.25, 0.3) is 0 Å². The second kappa shape index (κ2) is 5.83. The number of H-pyrrole nitrogens is 1. The molecule has 2 aromatic rings. The first kappa shape index (κ1) is 13.5. The molecule has 0 aliphatic carbocycles. The zero-order valence-electron chi connectivity index (χ0n) is 10.8. The molecule has 2 aromatic heterocycles. The third-order valence-electron chi connectivity index (χ3n) is 2.87. The second-order valence-corrected chi connectivity index (χ2v) is 5.05. The lowest BCUT2D eigenvalue weighted by molar-refractivity contribution is -0.122. The number of carbonyl (C=O) groups excluding carboxylic acids is 1. The summed E-state index contributed by atoms with van der Waals surface area (Å²) in [7, 11) is 0. The predicted molar refractivity (Wildman–Crippen MR) is 73.1 cm³/mol. The molecule has 0 saturated carbocycles. The molecule has 0 aliphatic heterocycles. The number of aromatic nitrogens is 3. The summed E-state index contributed by atoms with van der Waals surface area (Å²) in [5, 5.41) is 4.62. The van der Waals surface area contributed by atoms with E-state index in [-0.39, 0.29) is 23.4 Å². The van der Waals surface area contributed by atoms with Crippen LogP contribution in [-0.2, 0) is 11.3 Å². The van der Waals surface area contributed by atoms with Gasteiger partial charge in [-0.15, -0.1) is 0 Å². The van der Waals surface area contributed by atoms with Crippen molar-refractivity contribution in [3.63, 3.8) is 0 Å². The van der Waals surface area contributed by atoms with Gasteiger partial charge in [0.2, 0.25) is 5.91 Å². The molecule has 1 atom stereocenters. The molecule has 0 fully saturated rings. The summed E-state index contributed by atoms with van der Waals surface area (Å²) < 4.78 is 1.47. The number of thiazole rings is 1. The number of hydrogen-bond donors (Lipinski definition) is 2. The predicted octanol–water partition coefficient (Wildman–Crippen LogP) is 1.21. The molecule has 0 bridgehead atoms. The minimum atomic E-state index is -0.188. The Balaban J connectivity index is 2.03. The van der Waals surface area contributed by atoms with Gasteiger partial charge in [-0.2, -0.15) is 0 Å². The average molecular weight is 280 g/mol. The maximum atomic E-state index is 12.0. The van der Waals surface area contributed by atoms with Gasteiger partial charge < -0.3 is 10.3 Å². The Hall–Kier alpha value is -1.89. The lowest BCUT2D eigenvalue weighted by Gasteiger charge is -2.15. The molecule has 0 saturated heterocycles. The number of hydrogen-bond acceptors (Lipinski definition) is 4. The van der Waals surface area contributed by atoms with Gasteiger partial charge in [0.1, 0.15) is 12.4 Å². The van der Waals surface area contributed by atoms with Gasteiger partial charge in [0.15, 0.2) is 0 Å². The van der Waals surface area contributed by atoms with Crippen LogP contribution in [0.3, 0.4) is 0 Å². The highest BCUT2D eigenvalue weighted by molar-refractivity contribution is 7.07. The lowest BCUT2D eigenvalue weighted by Crippen LogP contribution is -2.34. The highest BCUT2D eigenvalue weighted by Crippen LogP contribution is 2.11. The molecule has 0 aromatic carbocycles. The van der Waals surface area contributed by atoms with Crippen molar-refractivity contribution in [1.29, 1.82) is 0 Å². The summed E-state index contributed by atoms with van der Waals surface area (Å²) >= 11 is 1.10. The van der Waals surface area contributed by atoms with Gasteiger partial charge in [-0.25, -0.2) is 4.98 Å². The van der Waals surface area contributed by atoms with E-state index in [9.17, 15) is 9.59 Å². The van der Waals surface area contributed by atoms with Crippen LogP contribution in [-0.4, -0.2) is 20.4 Å². The van der Waals surface area contributed by atoms with Gasteiger partial charge in [0.05, 0.1) is 6.04 Å². The zero-order valence-corrected chi connectivity index (χ0v) is 11.7. The van der Waals surface area contributed by atoms with Crippen LogP contribution in [0.2, 0.25) is 0 Å². The van der Waals surface area contributed by atoms with E-state index in [1.807, 2.05) is 13.8 Å². The van der Waals surface area contributed by atoms with E-state index in [1.165, 1.54) is 4.57 Å². The molecule has 2 heterocycles. The first-order valence-corrected chi connectivity index (χ1v) is 6.93. The van der Waals surface area contributed by atoms with Crippen molar-refractivity contribution in [3.05, 3.63) is 39.0 Å². The molecular formula is C12H16N4O2S. The van der Waals surface area contributed by atoms with Crippen molar-refractivity contribution >= 4 is 17.2 Å². The first-order chi connectivity index (χ1) is 9.11. The van der Waals surface area contributed by atoms with Gasteiger partial charge in [-0.1, -0.05) is 18.3 Å². The minimum Gasteiger partial charge on any atom is -0.347 e. The number of amides is 1. The largest absolute Gasteiger partial charge is 0.347 e. The van der Waals surface area contributed by atoms with E-state index in [1.54, 1.807) is 17.8 Å². The maximum Gasteiger partial charge on any atom is 0.307 e. The van der Waals surface area contributed by atoms with Gasteiger partial charge in [-0.05, 0) is 13.3 Å². The maximum absolute atomic E-state index is 12.0. The third kappa shape index (κ3) is 3.11. The number of rotatable bonds is 5. The molecule has 7 heteroatoms. The van der Waals surface area contributed by atoms with Gasteiger partial charge in [0.25, 0.3) is 0 Å². The summed E-state index contributed by atoms with van der Waals surface area (Å²) in [5.41, 5.74) is 0.802. The van der Waals surface area contributed by atoms with Crippen LogP contribution in [0.1, 0.15) is 30.9 Å². The number of nitrogens with one attached hydrogen (secondary N) is 2. The van der Waals surface area contributed by atoms with Crippen molar-refractivity contribution in [1.82, 2.24) is 19.9 Å². The SMILES string of the molecule is CCC(NC(=O)Cn1c(C)csc1=O)c1ncc[nH]1. The summed E-state index contributed by atoms with van der Waals surface area (Å²) in [4.78, 5) is 30.5. The highest BCUT2D eigenvalue weighted by atomic mass is 32.1. The van der Waals surface area contributed by atoms with Crippen LogP contribution >= 0.6 is 11.3 Å². The zero-order chi connectivity index (χ0) is 13.8. The molecule has 2 rings (SSSR count). The number of carbonyl (C=O) groups is 1. The fraction of sp³-hybridized carbons (Fsp3) is 0.417. The number of aromatic amines is 1. The molecule has 6 nitrogen and oxygen atoms in total. The molecule has 102 valence electrons. The lowest BCUT2D eigenvalue weighted by atomic mass is 10.2. The monoisotopic (exact) mass is 280 g/mol. The van der Waals surface area contributed by atoms with E-state index < -0.39 is 0 Å². The van der Waals surface area contributed by atoms with Crippen molar-refractivity contribution in [2.24, 2.45) is 0 Å². The average Bonchev–Trinajstić information content (AvgIpc) is 3.01. The molecule has 1 amide bonds. The van der Waals surface area contributed by atoms with Gasteiger partial charge in [-0.3, -0.25) is 14.2 Å². The first-order valence-electron chi connectivity index (χ1n) is 6.05. The second-order valence-electron chi connectivity index (χ2n) is 4.23. The van der Waals surface area contributed by atoms with E-state index >= 15 is 0 Å². The Morgan fingerprint density at radius 2 is 2.42 bits per heavy atom. The van der Waals surface area contributed by atoms with Gasteiger partial charge in [0, 0.05) is 23.5 Å². The topological polar surface area (TPSA) is 79.8 Å². The Bertz CT molecular complexity index is 600. The van der Waals surface area contributed by atoms with Crippen molar-refractivity contribution in [2.75, 3.05) is 0 Å². The minimum absolute atomic E-state index is 0.0470. The van der Waals surface area contributed by atoms with E-state index in [4.69, 9.17) is 0 Å². The summed E-state index contributed by atoms with van der Waals surface area (Å²) in [6.07, 6.45) is 4.10. The van der Waals surface area contributed by atoms with Crippen LogP contribution < -0.4 is 10.2 Å². The molecular weight excluding hydrogens is 264 g/mol. The molecule has 0 aliphatic rings. The number of nitrogens with zero attached hydrogens (tertiary/aromatic N) is 2. The van der Waals surface area contributed by atoms with Crippen molar-refractivity contribution in [2.45, 2.75) is 32.9 Å². The fourth-order valence-electron chi connectivity index (χ4n) is 1.81. The fourth-order valence-corrected chi connectivity index (χ4v) is 2.55. The Morgan fingerprint density at radius 3 is 2.95 bits per heavy atom. The quantitative estimate of drug-likeness (QED) is 0.864. The van der Waals surface area contributed by atoms with Crippen LogP contribution in [0.5, 0.6) is 0 Å². The van der Waals surface area contributed by atoms with E-state index in [0.717, 1.165) is 29.3 Å². The van der Waals surface area contributed by atoms with E-state index in [0.29, 0.717) is 0 Å². The highest BCUT2D eigenvalue weighted by Gasteiger charge is 2.16.